The molecule has 82 valence electrons. The maximum absolute atomic E-state index is 10.9. The summed E-state index contributed by atoms with van der Waals surface area (Å²) in [6.07, 6.45) is 3.38. The van der Waals surface area contributed by atoms with E-state index in [-0.39, 0.29) is 5.69 Å². The lowest BCUT2D eigenvalue weighted by molar-refractivity contribution is 0.0689. The molecule has 0 spiro atoms. The van der Waals surface area contributed by atoms with E-state index < -0.39 is 5.97 Å². The zero-order valence-corrected chi connectivity index (χ0v) is 9.01. The first-order chi connectivity index (χ1) is 7.59. The van der Waals surface area contributed by atoms with Crippen molar-refractivity contribution >= 4 is 5.97 Å². The average molecular weight is 217 g/mol. The molecule has 0 atom stereocenters. The summed E-state index contributed by atoms with van der Waals surface area (Å²) < 4.78 is 1.54. The van der Waals surface area contributed by atoms with Crippen molar-refractivity contribution in [2.24, 2.45) is 0 Å². The molecule has 0 amide bonds. The van der Waals surface area contributed by atoms with Crippen LogP contribution in [0.4, 0.5) is 0 Å². The molecule has 0 bridgehead atoms. The third kappa shape index (κ3) is 1.67. The first-order valence-corrected chi connectivity index (χ1v) is 4.81. The topological polar surface area (TPSA) is 68.0 Å². The van der Waals surface area contributed by atoms with Gasteiger partial charge in [0, 0.05) is 18.0 Å². The van der Waals surface area contributed by atoms with Crippen molar-refractivity contribution in [3.8, 4) is 5.69 Å². The van der Waals surface area contributed by atoms with Gasteiger partial charge < -0.3 is 5.11 Å². The summed E-state index contributed by atoms with van der Waals surface area (Å²) in [5.41, 5.74) is 2.30. The van der Waals surface area contributed by atoms with Crippen LogP contribution in [0.15, 0.2) is 24.5 Å². The van der Waals surface area contributed by atoms with Gasteiger partial charge in [-0.2, -0.15) is 5.10 Å². The maximum Gasteiger partial charge on any atom is 0.356 e. The number of aromatic carboxylic acids is 1. The number of aryl methyl sites for hydroxylation is 2. The van der Waals surface area contributed by atoms with E-state index in [2.05, 4.69) is 10.1 Å². The highest BCUT2D eigenvalue weighted by Gasteiger charge is 2.13. The van der Waals surface area contributed by atoms with Crippen LogP contribution in [-0.4, -0.2) is 25.8 Å². The highest BCUT2D eigenvalue weighted by atomic mass is 16.4. The Balaban J connectivity index is 2.54. The van der Waals surface area contributed by atoms with Crippen LogP contribution in [0, 0.1) is 13.8 Å². The fraction of sp³-hybridized carbons (Fsp3) is 0.182. The van der Waals surface area contributed by atoms with Gasteiger partial charge in [-0.25, -0.2) is 9.48 Å². The second-order valence-electron chi connectivity index (χ2n) is 3.52. The molecule has 2 heterocycles. The zero-order valence-electron chi connectivity index (χ0n) is 9.01. The van der Waals surface area contributed by atoms with E-state index in [1.54, 1.807) is 30.1 Å². The number of hydrogen-bond acceptors (Lipinski definition) is 3. The Morgan fingerprint density at radius 3 is 2.75 bits per heavy atom. The molecule has 16 heavy (non-hydrogen) atoms. The number of aromatic nitrogens is 3. The molecular formula is C11H11N3O2. The van der Waals surface area contributed by atoms with Gasteiger partial charge in [0.2, 0.25) is 0 Å². The van der Waals surface area contributed by atoms with Crippen LogP contribution in [0.5, 0.6) is 0 Å². The maximum atomic E-state index is 10.9. The van der Waals surface area contributed by atoms with Crippen molar-refractivity contribution in [3.05, 3.63) is 41.5 Å². The van der Waals surface area contributed by atoms with E-state index in [0.717, 1.165) is 11.4 Å². The normalized spacial score (nSPS) is 10.4. The third-order valence-electron chi connectivity index (χ3n) is 2.33. The Morgan fingerprint density at radius 1 is 1.44 bits per heavy atom. The molecular weight excluding hydrogens is 206 g/mol. The minimum absolute atomic E-state index is 0.0725. The van der Waals surface area contributed by atoms with Crippen molar-refractivity contribution in [2.75, 3.05) is 0 Å². The van der Waals surface area contributed by atoms with Gasteiger partial charge in [0.15, 0.2) is 5.69 Å². The summed E-state index contributed by atoms with van der Waals surface area (Å²) in [6, 6.07) is 3.64. The summed E-state index contributed by atoms with van der Waals surface area (Å²) in [5.74, 6) is -1.02. The molecule has 5 heteroatoms. The van der Waals surface area contributed by atoms with Crippen molar-refractivity contribution in [1.82, 2.24) is 14.8 Å². The molecule has 0 aromatic carbocycles. The highest BCUT2D eigenvalue weighted by molar-refractivity contribution is 5.86. The Hall–Kier alpha value is -2.17. The third-order valence-corrected chi connectivity index (χ3v) is 2.33. The molecule has 0 fully saturated rings. The van der Waals surface area contributed by atoms with E-state index >= 15 is 0 Å². The highest BCUT2D eigenvalue weighted by Crippen LogP contribution is 2.13. The standard InChI is InChI=1S/C11H11N3O2/c1-7-6-14(13-10(7)11(15)16)9-4-3-5-12-8(9)2/h3-6H,1-2H3,(H,15,16). The van der Waals surface area contributed by atoms with Gasteiger partial charge in [-0.15, -0.1) is 0 Å². The number of nitrogens with zero attached hydrogens (tertiary/aromatic N) is 3. The van der Waals surface area contributed by atoms with Gasteiger partial charge in [-0.1, -0.05) is 0 Å². The summed E-state index contributed by atoms with van der Waals surface area (Å²) in [6.45, 7) is 3.57. The number of rotatable bonds is 2. The largest absolute Gasteiger partial charge is 0.476 e. The Kier molecular flexibility index (Phi) is 2.44. The second kappa shape index (κ2) is 3.77. The molecule has 0 aliphatic carbocycles. The molecule has 2 aromatic rings. The van der Waals surface area contributed by atoms with Crippen LogP contribution < -0.4 is 0 Å². The molecule has 0 saturated heterocycles. The van der Waals surface area contributed by atoms with E-state index in [0.29, 0.717) is 5.56 Å². The molecule has 2 rings (SSSR count). The fourth-order valence-electron chi connectivity index (χ4n) is 1.51. The molecule has 5 nitrogen and oxygen atoms in total. The van der Waals surface area contributed by atoms with Crippen LogP contribution >= 0.6 is 0 Å². The molecule has 0 aliphatic heterocycles. The summed E-state index contributed by atoms with van der Waals surface area (Å²) in [4.78, 5) is 15.0. The second-order valence-corrected chi connectivity index (χ2v) is 3.52. The summed E-state index contributed by atoms with van der Waals surface area (Å²) in [5, 5.41) is 12.9. The summed E-state index contributed by atoms with van der Waals surface area (Å²) >= 11 is 0. The van der Waals surface area contributed by atoms with Gasteiger partial charge in [-0.05, 0) is 26.0 Å². The minimum Gasteiger partial charge on any atom is -0.476 e. The lowest BCUT2D eigenvalue weighted by Gasteiger charge is -2.03. The number of carboxylic acid groups (broad SMARTS) is 1. The average Bonchev–Trinajstić information content (AvgIpc) is 2.61. The molecule has 2 aromatic heterocycles. The van der Waals surface area contributed by atoms with Gasteiger partial charge in [0.05, 0.1) is 11.4 Å². The van der Waals surface area contributed by atoms with Crippen LogP contribution in [0.2, 0.25) is 0 Å². The number of carbonyl (C=O) groups is 1. The van der Waals surface area contributed by atoms with Gasteiger partial charge in [0.25, 0.3) is 0 Å². The zero-order chi connectivity index (χ0) is 11.7. The first-order valence-electron chi connectivity index (χ1n) is 4.81. The molecule has 0 radical (unpaired) electrons. The first kappa shape index (κ1) is 10.4. The quantitative estimate of drug-likeness (QED) is 0.829. The van der Waals surface area contributed by atoms with Crippen LogP contribution in [0.1, 0.15) is 21.7 Å². The Bertz CT molecular complexity index is 546. The van der Waals surface area contributed by atoms with Crippen molar-refractivity contribution < 1.29 is 9.90 Å². The lowest BCUT2D eigenvalue weighted by Crippen LogP contribution is -2.03. The lowest BCUT2D eigenvalue weighted by atomic mass is 10.3. The molecule has 0 unspecified atom stereocenters. The summed E-state index contributed by atoms with van der Waals surface area (Å²) in [7, 11) is 0. The van der Waals surface area contributed by atoms with Crippen LogP contribution in [0.25, 0.3) is 5.69 Å². The van der Waals surface area contributed by atoms with E-state index in [1.807, 2.05) is 13.0 Å². The van der Waals surface area contributed by atoms with Gasteiger partial charge in [0.1, 0.15) is 0 Å². The SMILES string of the molecule is Cc1cn(-c2cccnc2C)nc1C(=O)O. The number of pyridine rings is 1. The van der Waals surface area contributed by atoms with Crippen molar-refractivity contribution in [1.29, 1.82) is 0 Å². The molecule has 1 N–H and O–H groups in total. The Labute approximate surface area is 92.4 Å². The van der Waals surface area contributed by atoms with Crippen molar-refractivity contribution in [2.45, 2.75) is 13.8 Å². The van der Waals surface area contributed by atoms with E-state index in [1.165, 1.54) is 0 Å². The monoisotopic (exact) mass is 217 g/mol. The smallest absolute Gasteiger partial charge is 0.356 e. The Morgan fingerprint density at radius 2 is 2.19 bits per heavy atom. The van der Waals surface area contributed by atoms with Gasteiger partial charge >= 0.3 is 5.97 Å². The number of carboxylic acids is 1. The molecule has 0 aliphatic rings. The van der Waals surface area contributed by atoms with Crippen LogP contribution in [-0.2, 0) is 0 Å². The predicted octanol–water partition coefficient (Wildman–Crippen LogP) is 1.58. The fourth-order valence-corrected chi connectivity index (χ4v) is 1.51. The van der Waals surface area contributed by atoms with Crippen molar-refractivity contribution in [3.63, 3.8) is 0 Å². The van der Waals surface area contributed by atoms with E-state index in [4.69, 9.17) is 5.11 Å². The number of hydrogen-bond donors (Lipinski definition) is 1. The van der Waals surface area contributed by atoms with E-state index in [9.17, 15) is 4.79 Å². The predicted molar refractivity (Wildman–Crippen MR) is 57.8 cm³/mol. The minimum atomic E-state index is -1.02. The van der Waals surface area contributed by atoms with Gasteiger partial charge in [-0.3, -0.25) is 4.98 Å². The molecule has 0 saturated carbocycles. The van der Waals surface area contributed by atoms with Crippen LogP contribution in [0.3, 0.4) is 0 Å².